The van der Waals surface area contributed by atoms with Gasteiger partial charge in [0, 0.05) is 10.6 Å². The van der Waals surface area contributed by atoms with E-state index in [-0.39, 0.29) is 16.1 Å². The molecule has 0 saturated carbocycles. The Morgan fingerprint density at radius 1 is 1.00 bits per heavy atom. The minimum absolute atomic E-state index is 0.0682. The van der Waals surface area contributed by atoms with Gasteiger partial charge in [-0.2, -0.15) is 8.42 Å². The summed E-state index contributed by atoms with van der Waals surface area (Å²) < 4.78 is 30.9. The molecule has 0 saturated heterocycles. The fourth-order valence-electron chi connectivity index (χ4n) is 2.21. The number of rotatable bonds is 4. The molecule has 0 fully saturated rings. The summed E-state index contributed by atoms with van der Waals surface area (Å²) in [5.41, 5.74) is -0.319. The van der Waals surface area contributed by atoms with Crippen molar-refractivity contribution in [2.75, 3.05) is 0 Å². The second-order valence-corrected chi connectivity index (χ2v) is 6.28. The van der Waals surface area contributed by atoms with Crippen molar-refractivity contribution >= 4 is 27.7 Å². The summed E-state index contributed by atoms with van der Waals surface area (Å²) in [6.45, 7) is 0. The summed E-state index contributed by atoms with van der Waals surface area (Å²) in [6.07, 6.45) is 0. The van der Waals surface area contributed by atoms with Crippen molar-refractivity contribution in [1.82, 2.24) is 0 Å². The smallest absolute Gasteiger partial charge is 0.336 e. The van der Waals surface area contributed by atoms with Crippen molar-refractivity contribution in [3.05, 3.63) is 70.7 Å². The van der Waals surface area contributed by atoms with Gasteiger partial charge in [0.05, 0.1) is 0 Å². The maximum atomic E-state index is 12.0. The van der Waals surface area contributed by atoms with Gasteiger partial charge in [-0.15, -0.1) is 0 Å². The number of hydrogen-bond acceptors (Lipinski definition) is 3. The van der Waals surface area contributed by atoms with E-state index in [0.29, 0.717) is 0 Å². The molecule has 0 amide bonds. The third-order valence-electron chi connectivity index (χ3n) is 3.12. The van der Waals surface area contributed by atoms with Crippen LogP contribution < -0.4 is 0 Å². The predicted molar refractivity (Wildman–Crippen MR) is 77.9 cm³/mol. The monoisotopic (exact) mass is 326 g/mol. The topological polar surface area (TPSA) is 91.7 Å². The molecular weight excluding hydrogens is 316 g/mol. The molecule has 0 bridgehead atoms. The van der Waals surface area contributed by atoms with Gasteiger partial charge in [0.15, 0.2) is 0 Å². The number of carboxylic acids is 1. The van der Waals surface area contributed by atoms with E-state index in [1.807, 2.05) is 0 Å². The molecule has 1 unspecified atom stereocenters. The fraction of sp³-hybridized carbons (Fsp3) is 0.0714. The third-order valence-corrected chi connectivity index (χ3v) is 4.86. The average molecular weight is 327 g/mol. The van der Waals surface area contributed by atoms with Crippen LogP contribution in [-0.2, 0) is 19.7 Å². The molecule has 0 aliphatic heterocycles. The number of aliphatic carboxylic acids is 1. The maximum absolute atomic E-state index is 12.0. The Hall–Kier alpha value is -1.89. The number of hydrogen-bond donors (Lipinski definition) is 2. The van der Waals surface area contributed by atoms with Crippen molar-refractivity contribution in [2.24, 2.45) is 0 Å². The molecule has 1 atom stereocenters. The summed E-state index contributed by atoms with van der Waals surface area (Å²) >= 11 is 5.97. The largest absolute Gasteiger partial charge is 0.479 e. The third kappa shape index (κ3) is 2.42. The van der Waals surface area contributed by atoms with Gasteiger partial charge in [-0.25, -0.2) is 4.79 Å². The lowest BCUT2D eigenvalue weighted by atomic mass is 9.90. The highest BCUT2D eigenvalue weighted by Gasteiger charge is 2.55. The van der Waals surface area contributed by atoms with Crippen molar-refractivity contribution in [3.8, 4) is 0 Å². The normalized spacial score (nSPS) is 14.4. The van der Waals surface area contributed by atoms with Crippen molar-refractivity contribution in [1.29, 1.82) is 0 Å². The first-order chi connectivity index (χ1) is 9.81. The highest BCUT2D eigenvalue weighted by atomic mass is 35.5. The highest BCUT2D eigenvalue weighted by molar-refractivity contribution is 7.87. The first kappa shape index (κ1) is 15.5. The number of carboxylic acid groups (broad SMARTS) is 1. The molecule has 0 aliphatic carbocycles. The van der Waals surface area contributed by atoms with E-state index in [9.17, 15) is 22.9 Å². The molecule has 0 aromatic heterocycles. The zero-order chi connectivity index (χ0) is 15.7. The molecular formula is C14H11ClO5S. The average Bonchev–Trinajstić information content (AvgIpc) is 2.41. The van der Waals surface area contributed by atoms with Crippen molar-refractivity contribution in [3.63, 3.8) is 0 Å². The van der Waals surface area contributed by atoms with Gasteiger partial charge in [-0.1, -0.05) is 60.1 Å². The van der Waals surface area contributed by atoms with E-state index >= 15 is 0 Å². The molecule has 0 spiro atoms. The molecule has 0 radical (unpaired) electrons. The Balaban J connectivity index is 2.96. The predicted octanol–water partition coefficient (Wildman–Crippen LogP) is 2.56. The lowest BCUT2D eigenvalue weighted by molar-refractivity contribution is -0.139. The molecule has 0 aliphatic rings. The Kier molecular flexibility index (Phi) is 4.04. The van der Waals surface area contributed by atoms with E-state index in [2.05, 4.69) is 0 Å². The van der Waals surface area contributed by atoms with E-state index in [1.165, 1.54) is 48.5 Å². The van der Waals surface area contributed by atoms with E-state index in [1.54, 1.807) is 6.07 Å². The molecule has 2 rings (SSSR count). The van der Waals surface area contributed by atoms with Crippen molar-refractivity contribution < 1.29 is 22.9 Å². The number of halogens is 1. The first-order valence-corrected chi connectivity index (χ1v) is 7.64. The summed E-state index contributed by atoms with van der Waals surface area (Å²) in [4.78, 5) is 11.8. The molecule has 5 nitrogen and oxygen atoms in total. The Labute approximate surface area is 126 Å². The molecule has 110 valence electrons. The first-order valence-electron chi connectivity index (χ1n) is 5.82. The van der Waals surface area contributed by atoms with E-state index in [0.717, 1.165) is 0 Å². The number of benzene rings is 2. The molecule has 21 heavy (non-hydrogen) atoms. The van der Waals surface area contributed by atoms with Crippen LogP contribution in [0.15, 0.2) is 54.6 Å². The minimum atomic E-state index is -5.04. The van der Waals surface area contributed by atoms with Gasteiger partial charge < -0.3 is 5.11 Å². The molecule has 7 heteroatoms. The van der Waals surface area contributed by atoms with Crippen LogP contribution in [0.3, 0.4) is 0 Å². The van der Waals surface area contributed by atoms with Crippen LogP contribution in [0.4, 0.5) is 0 Å². The van der Waals surface area contributed by atoms with Gasteiger partial charge in [-0.3, -0.25) is 4.55 Å². The maximum Gasteiger partial charge on any atom is 0.336 e. The van der Waals surface area contributed by atoms with Gasteiger partial charge in [0.25, 0.3) is 10.1 Å². The quantitative estimate of drug-likeness (QED) is 0.842. The summed E-state index contributed by atoms with van der Waals surface area (Å²) in [6, 6.07) is 12.8. The summed E-state index contributed by atoms with van der Waals surface area (Å²) in [7, 11) is -5.04. The Bertz CT molecular complexity index is 773. The molecule has 2 aromatic carbocycles. The van der Waals surface area contributed by atoms with E-state index < -0.39 is 20.8 Å². The van der Waals surface area contributed by atoms with Crippen LogP contribution >= 0.6 is 11.6 Å². The fourth-order valence-corrected chi connectivity index (χ4v) is 3.66. The lowest BCUT2D eigenvalue weighted by Crippen LogP contribution is -2.44. The van der Waals surface area contributed by atoms with Gasteiger partial charge in [0.1, 0.15) is 0 Å². The summed E-state index contributed by atoms with van der Waals surface area (Å²) in [5, 5.41) is 9.52. The zero-order valence-corrected chi connectivity index (χ0v) is 12.2. The van der Waals surface area contributed by atoms with Crippen LogP contribution in [0.2, 0.25) is 5.02 Å². The number of carbonyl (C=O) groups is 1. The minimum Gasteiger partial charge on any atom is -0.479 e. The SMILES string of the molecule is O=C(O)C(c1ccccc1)(c1ccccc1Cl)S(=O)(=O)O. The molecule has 0 heterocycles. The van der Waals surface area contributed by atoms with Gasteiger partial charge in [-0.05, 0) is 11.6 Å². The Morgan fingerprint density at radius 2 is 1.52 bits per heavy atom. The lowest BCUT2D eigenvalue weighted by Gasteiger charge is -2.28. The second kappa shape index (κ2) is 5.48. The van der Waals surface area contributed by atoms with Crippen LogP contribution in [0.25, 0.3) is 0 Å². The molecule has 2 aromatic rings. The van der Waals surface area contributed by atoms with Crippen LogP contribution in [0.5, 0.6) is 0 Å². The van der Waals surface area contributed by atoms with Gasteiger partial charge >= 0.3 is 5.97 Å². The summed E-state index contributed by atoms with van der Waals surface area (Å²) in [5.74, 6) is -1.73. The van der Waals surface area contributed by atoms with Crippen LogP contribution in [0, 0.1) is 0 Å². The molecule has 2 N–H and O–H groups in total. The van der Waals surface area contributed by atoms with Crippen LogP contribution in [0.1, 0.15) is 11.1 Å². The van der Waals surface area contributed by atoms with Crippen LogP contribution in [-0.4, -0.2) is 24.0 Å². The highest BCUT2D eigenvalue weighted by Crippen LogP contribution is 2.40. The van der Waals surface area contributed by atoms with Gasteiger partial charge in [0.2, 0.25) is 4.75 Å². The van der Waals surface area contributed by atoms with Crippen molar-refractivity contribution in [2.45, 2.75) is 4.75 Å². The Morgan fingerprint density at radius 3 is 2.00 bits per heavy atom. The zero-order valence-electron chi connectivity index (χ0n) is 10.6. The standard InChI is InChI=1S/C14H11ClO5S/c15-12-9-5-4-8-11(12)14(13(16)17,21(18,19)20)10-6-2-1-3-7-10/h1-9H,(H,16,17)(H,18,19,20). The van der Waals surface area contributed by atoms with E-state index in [4.69, 9.17) is 11.6 Å². The second-order valence-electron chi connectivity index (χ2n) is 4.31.